The van der Waals surface area contributed by atoms with E-state index in [4.69, 9.17) is 0 Å². The van der Waals surface area contributed by atoms with E-state index < -0.39 is 14.6 Å². The van der Waals surface area contributed by atoms with Crippen LogP contribution in [0.3, 0.4) is 0 Å². The van der Waals surface area contributed by atoms with Crippen molar-refractivity contribution in [3.8, 4) is 0 Å². The summed E-state index contributed by atoms with van der Waals surface area (Å²) in [6, 6.07) is 0. The van der Waals surface area contributed by atoms with Gasteiger partial charge in [0.2, 0.25) is 0 Å². The van der Waals surface area contributed by atoms with Crippen LogP contribution in [0.25, 0.3) is 0 Å². The van der Waals surface area contributed by atoms with Crippen molar-refractivity contribution < 1.29 is 8.42 Å². The normalized spacial score (nSPS) is 26.2. The Morgan fingerprint density at radius 1 is 1.22 bits per heavy atom. The Labute approximate surface area is 113 Å². The molecular weight excluding hydrogens is 246 g/mol. The lowest BCUT2D eigenvalue weighted by Gasteiger charge is -2.27. The molecule has 1 fully saturated rings. The van der Waals surface area contributed by atoms with Gasteiger partial charge in [-0.2, -0.15) is 0 Å². The summed E-state index contributed by atoms with van der Waals surface area (Å²) in [5, 5.41) is 3.32. The van der Waals surface area contributed by atoms with Gasteiger partial charge in [-0.3, -0.25) is 0 Å². The van der Waals surface area contributed by atoms with Crippen LogP contribution < -0.4 is 5.32 Å². The summed E-state index contributed by atoms with van der Waals surface area (Å²) >= 11 is 0. The molecule has 0 aromatic carbocycles. The highest BCUT2D eigenvalue weighted by Gasteiger charge is 2.28. The molecule has 1 aliphatic rings. The fourth-order valence-electron chi connectivity index (χ4n) is 2.56. The molecule has 0 amide bonds. The summed E-state index contributed by atoms with van der Waals surface area (Å²) in [5.41, 5.74) is 0. The SMILES string of the molecule is CC1CCCC(CNCCS(=O)(=O)C(C)(C)C)C1. The summed E-state index contributed by atoms with van der Waals surface area (Å²) in [4.78, 5) is 0. The van der Waals surface area contributed by atoms with Crippen LogP contribution in [0.15, 0.2) is 0 Å². The fourth-order valence-corrected chi connectivity index (χ4v) is 3.59. The summed E-state index contributed by atoms with van der Waals surface area (Å²) in [5.74, 6) is 1.83. The summed E-state index contributed by atoms with van der Waals surface area (Å²) in [6.45, 7) is 9.19. The Kier molecular flexibility index (Phi) is 5.66. The van der Waals surface area contributed by atoms with Crippen LogP contribution in [0.4, 0.5) is 0 Å². The fraction of sp³-hybridized carbons (Fsp3) is 1.00. The highest BCUT2D eigenvalue weighted by atomic mass is 32.2. The zero-order valence-corrected chi connectivity index (χ0v) is 13.1. The minimum atomic E-state index is -2.97. The zero-order valence-electron chi connectivity index (χ0n) is 12.3. The second-order valence-corrected chi connectivity index (χ2v) is 9.64. The first-order valence-electron chi connectivity index (χ1n) is 7.15. The third kappa shape index (κ3) is 4.88. The molecule has 0 aromatic heterocycles. The van der Waals surface area contributed by atoms with E-state index in [2.05, 4.69) is 12.2 Å². The second-order valence-electron chi connectivity index (χ2n) is 6.77. The maximum absolute atomic E-state index is 11.9. The largest absolute Gasteiger partial charge is 0.315 e. The van der Waals surface area contributed by atoms with Crippen LogP contribution in [0.5, 0.6) is 0 Å². The van der Waals surface area contributed by atoms with Gasteiger partial charge in [0.25, 0.3) is 0 Å². The lowest BCUT2D eigenvalue weighted by Crippen LogP contribution is -2.36. The lowest BCUT2D eigenvalue weighted by atomic mass is 9.82. The molecule has 2 unspecified atom stereocenters. The zero-order chi connectivity index (χ0) is 13.8. The van der Waals surface area contributed by atoms with Gasteiger partial charge in [-0.1, -0.05) is 19.8 Å². The molecule has 108 valence electrons. The molecule has 0 bridgehead atoms. The van der Waals surface area contributed by atoms with Gasteiger partial charge in [-0.05, 0) is 52.0 Å². The molecule has 1 aliphatic carbocycles. The number of hydrogen-bond donors (Lipinski definition) is 1. The van der Waals surface area contributed by atoms with Gasteiger partial charge in [0.15, 0.2) is 9.84 Å². The van der Waals surface area contributed by atoms with Crippen LogP contribution >= 0.6 is 0 Å². The predicted molar refractivity (Wildman–Crippen MR) is 77.5 cm³/mol. The molecule has 0 aliphatic heterocycles. The quantitative estimate of drug-likeness (QED) is 0.785. The third-order valence-corrected chi connectivity index (χ3v) is 6.57. The first-order chi connectivity index (χ1) is 8.22. The molecule has 18 heavy (non-hydrogen) atoms. The number of nitrogens with one attached hydrogen (secondary N) is 1. The van der Waals surface area contributed by atoms with Crippen LogP contribution in [-0.4, -0.2) is 32.0 Å². The second kappa shape index (κ2) is 6.38. The topological polar surface area (TPSA) is 46.2 Å². The molecule has 3 nitrogen and oxygen atoms in total. The molecule has 2 atom stereocenters. The first-order valence-corrected chi connectivity index (χ1v) is 8.80. The van der Waals surface area contributed by atoms with E-state index in [9.17, 15) is 8.42 Å². The maximum atomic E-state index is 11.9. The van der Waals surface area contributed by atoms with Gasteiger partial charge in [-0.15, -0.1) is 0 Å². The van der Waals surface area contributed by atoms with E-state index in [1.807, 2.05) is 0 Å². The van der Waals surface area contributed by atoms with Crippen LogP contribution in [-0.2, 0) is 9.84 Å². The molecule has 0 heterocycles. The Hall–Kier alpha value is -0.0900. The predicted octanol–water partition coefficient (Wildman–Crippen LogP) is 2.62. The van der Waals surface area contributed by atoms with Crippen molar-refractivity contribution >= 4 is 9.84 Å². The minimum Gasteiger partial charge on any atom is -0.315 e. The van der Waals surface area contributed by atoms with Crippen molar-refractivity contribution in [3.63, 3.8) is 0 Å². The highest BCUT2D eigenvalue weighted by molar-refractivity contribution is 7.92. The molecule has 0 saturated heterocycles. The summed E-state index contributed by atoms with van der Waals surface area (Å²) < 4.78 is 23.2. The number of rotatable bonds is 5. The van der Waals surface area contributed by atoms with Gasteiger partial charge >= 0.3 is 0 Å². The summed E-state index contributed by atoms with van der Waals surface area (Å²) in [7, 11) is -2.97. The van der Waals surface area contributed by atoms with Gasteiger partial charge < -0.3 is 5.32 Å². The van der Waals surface area contributed by atoms with Crippen molar-refractivity contribution in [1.29, 1.82) is 0 Å². The average molecular weight is 275 g/mol. The lowest BCUT2D eigenvalue weighted by molar-refractivity contribution is 0.276. The standard InChI is InChI=1S/C14H29NO2S/c1-12-6-5-7-13(10-12)11-15-8-9-18(16,17)14(2,3)4/h12-13,15H,5-11H2,1-4H3. The van der Waals surface area contributed by atoms with Crippen molar-refractivity contribution in [2.45, 2.75) is 58.1 Å². The van der Waals surface area contributed by atoms with E-state index in [-0.39, 0.29) is 5.75 Å². The van der Waals surface area contributed by atoms with Crippen molar-refractivity contribution in [2.75, 3.05) is 18.8 Å². The molecule has 0 aromatic rings. The van der Waals surface area contributed by atoms with Crippen molar-refractivity contribution in [3.05, 3.63) is 0 Å². The van der Waals surface area contributed by atoms with Gasteiger partial charge in [0.1, 0.15) is 0 Å². The van der Waals surface area contributed by atoms with E-state index >= 15 is 0 Å². The van der Waals surface area contributed by atoms with Crippen LogP contribution in [0.2, 0.25) is 0 Å². The number of sulfone groups is 1. The Balaban J connectivity index is 2.23. The first kappa shape index (κ1) is 16.0. The number of hydrogen-bond acceptors (Lipinski definition) is 3. The molecular formula is C14H29NO2S. The van der Waals surface area contributed by atoms with Gasteiger partial charge in [0, 0.05) is 6.54 Å². The molecule has 1 saturated carbocycles. The van der Waals surface area contributed by atoms with Gasteiger partial charge in [-0.25, -0.2) is 8.42 Å². The smallest absolute Gasteiger partial charge is 0.156 e. The third-order valence-electron chi connectivity index (χ3n) is 3.96. The minimum absolute atomic E-state index is 0.249. The van der Waals surface area contributed by atoms with Crippen molar-refractivity contribution in [2.24, 2.45) is 11.8 Å². The van der Waals surface area contributed by atoms with E-state index in [0.29, 0.717) is 6.54 Å². The van der Waals surface area contributed by atoms with Crippen LogP contribution in [0, 0.1) is 11.8 Å². The Morgan fingerprint density at radius 3 is 2.44 bits per heavy atom. The van der Waals surface area contributed by atoms with Crippen LogP contribution in [0.1, 0.15) is 53.4 Å². The molecule has 0 radical (unpaired) electrons. The molecule has 4 heteroatoms. The highest BCUT2D eigenvalue weighted by Crippen LogP contribution is 2.27. The molecule has 0 spiro atoms. The monoisotopic (exact) mass is 275 g/mol. The molecule has 1 N–H and O–H groups in total. The van der Waals surface area contributed by atoms with Crippen molar-refractivity contribution in [1.82, 2.24) is 5.32 Å². The summed E-state index contributed by atoms with van der Waals surface area (Å²) in [6.07, 6.45) is 5.27. The van der Waals surface area contributed by atoms with E-state index in [1.54, 1.807) is 20.8 Å². The Morgan fingerprint density at radius 2 is 1.89 bits per heavy atom. The Bertz CT molecular complexity index is 343. The van der Waals surface area contributed by atoms with Gasteiger partial charge in [0.05, 0.1) is 10.5 Å². The van der Waals surface area contributed by atoms with E-state index in [0.717, 1.165) is 18.4 Å². The average Bonchev–Trinajstić information content (AvgIpc) is 2.23. The molecule has 1 rings (SSSR count). The van der Waals surface area contributed by atoms with E-state index in [1.165, 1.54) is 25.7 Å². The maximum Gasteiger partial charge on any atom is 0.156 e.